The average molecular weight is 482 g/mol. The van der Waals surface area contributed by atoms with Crippen LogP contribution < -0.4 is 5.69 Å². The van der Waals surface area contributed by atoms with E-state index in [1.54, 1.807) is 22.4 Å². The summed E-state index contributed by atoms with van der Waals surface area (Å²) in [7, 11) is 3.68. The molecule has 0 saturated carbocycles. The summed E-state index contributed by atoms with van der Waals surface area (Å²) in [5.41, 5.74) is 5.33. The van der Waals surface area contributed by atoms with Crippen molar-refractivity contribution in [3.05, 3.63) is 82.2 Å². The largest absolute Gasteiger partial charge is 0.330 e. The molecule has 0 aliphatic heterocycles. The smallest absolute Gasteiger partial charge is 0.292 e. The second kappa shape index (κ2) is 9.18. The van der Waals surface area contributed by atoms with Crippen LogP contribution >= 0.6 is 0 Å². The highest BCUT2D eigenvalue weighted by Crippen LogP contribution is 2.27. The molecule has 8 nitrogen and oxygen atoms in total. The molecule has 0 bridgehead atoms. The first-order valence-electron chi connectivity index (χ1n) is 12.3. The molecule has 0 unspecified atom stereocenters. The van der Waals surface area contributed by atoms with Crippen LogP contribution in [0.3, 0.4) is 0 Å². The molecule has 36 heavy (non-hydrogen) atoms. The van der Waals surface area contributed by atoms with E-state index in [0.29, 0.717) is 41.2 Å². The molecule has 0 radical (unpaired) electrons. The highest BCUT2D eigenvalue weighted by molar-refractivity contribution is 5.74. The standard InChI is InChI=1S/C28H31N7O/c1-17(2)21-9-7-8-10-22(21)25-29-15-23-27(31-25)35(28(36)33(23)5)16-19-11-13-20(14-12-19)24-30-26(18(3)4)34(6)32-24/h7-15,17-18H,16H2,1-6H3. The van der Waals surface area contributed by atoms with Crippen molar-refractivity contribution in [3.63, 3.8) is 0 Å². The molecule has 8 heteroatoms. The van der Waals surface area contributed by atoms with E-state index in [4.69, 9.17) is 4.98 Å². The Bertz CT molecular complexity index is 1600. The quantitative estimate of drug-likeness (QED) is 0.345. The van der Waals surface area contributed by atoms with E-state index >= 15 is 0 Å². The second-order valence-corrected chi connectivity index (χ2v) is 9.84. The van der Waals surface area contributed by atoms with Crippen LogP contribution in [0.4, 0.5) is 0 Å². The second-order valence-electron chi connectivity index (χ2n) is 9.84. The summed E-state index contributed by atoms with van der Waals surface area (Å²) in [5.74, 6) is 2.92. The number of aromatic nitrogens is 7. The molecule has 0 atom stereocenters. The summed E-state index contributed by atoms with van der Waals surface area (Å²) in [6.07, 6.45) is 1.74. The van der Waals surface area contributed by atoms with Gasteiger partial charge in [-0.25, -0.2) is 19.7 Å². The number of benzene rings is 2. The van der Waals surface area contributed by atoms with Gasteiger partial charge in [0.25, 0.3) is 0 Å². The Balaban J connectivity index is 1.51. The van der Waals surface area contributed by atoms with E-state index in [1.165, 1.54) is 5.56 Å². The molecule has 3 heterocycles. The Morgan fingerprint density at radius 1 is 0.861 bits per heavy atom. The maximum absolute atomic E-state index is 13.1. The van der Waals surface area contributed by atoms with Gasteiger partial charge in [-0.05, 0) is 17.0 Å². The first kappa shape index (κ1) is 23.7. The highest BCUT2D eigenvalue weighted by atomic mass is 16.1. The van der Waals surface area contributed by atoms with Crippen molar-refractivity contribution in [2.75, 3.05) is 0 Å². The van der Waals surface area contributed by atoms with Crippen LogP contribution in [-0.4, -0.2) is 33.9 Å². The number of aryl methyl sites for hydroxylation is 2. The molecule has 0 saturated heterocycles. The van der Waals surface area contributed by atoms with Gasteiger partial charge in [-0.3, -0.25) is 13.8 Å². The molecule has 0 fully saturated rings. The van der Waals surface area contributed by atoms with Crippen LogP contribution in [0.15, 0.2) is 59.5 Å². The highest BCUT2D eigenvalue weighted by Gasteiger charge is 2.17. The summed E-state index contributed by atoms with van der Waals surface area (Å²) in [6.45, 7) is 8.93. The Morgan fingerprint density at radius 2 is 1.58 bits per heavy atom. The first-order valence-corrected chi connectivity index (χ1v) is 12.3. The van der Waals surface area contributed by atoms with Crippen LogP contribution in [0, 0.1) is 0 Å². The minimum atomic E-state index is -0.120. The number of hydrogen-bond acceptors (Lipinski definition) is 5. The Hall–Kier alpha value is -4.07. The van der Waals surface area contributed by atoms with E-state index in [9.17, 15) is 4.79 Å². The van der Waals surface area contributed by atoms with Crippen molar-refractivity contribution in [3.8, 4) is 22.8 Å². The Kier molecular flexibility index (Phi) is 6.04. The predicted molar refractivity (Wildman–Crippen MR) is 142 cm³/mol. The minimum absolute atomic E-state index is 0.120. The number of rotatable bonds is 6. The van der Waals surface area contributed by atoms with Crippen molar-refractivity contribution >= 4 is 11.2 Å². The molecule has 2 aromatic carbocycles. The fourth-order valence-electron chi connectivity index (χ4n) is 4.62. The number of nitrogens with zero attached hydrogens (tertiary/aromatic N) is 7. The van der Waals surface area contributed by atoms with Crippen molar-refractivity contribution in [1.82, 2.24) is 33.9 Å². The van der Waals surface area contributed by atoms with Crippen LogP contribution in [0.2, 0.25) is 0 Å². The SMILES string of the molecule is CC(C)c1ccccc1-c1ncc2c(n1)n(Cc1ccc(-c3nc(C(C)C)n(C)n3)cc1)c(=O)n2C. The monoisotopic (exact) mass is 481 g/mol. The van der Waals surface area contributed by atoms with E-state index in [1.807, 2.05) is 54.2 Å². The normalized spacial score (nSPS) is 11.8. The molecule has 5 aromatic rings. The summed E-state index contributed by atoms with van der Waals surface area (Å²) >= 11 is 0. The number of imidazole rings is 1. The molecular formula is C28H31N7O. The summed E-state index contributed by atoms with van der Waals surface area (Å²) in [5, 5.41) is 4.56. The first-order chi connectivity index (χ1) is 17.2. The van der Waals surface area contributed by atoms with Crippen LogP contribution in [0.5, 0.6) is 0 Å². The number of hydrogen-bond donors (Lipinski definition) is 0. The third-order valence-corrected chi connectivity index (χ3v) is 6.57. The third kappa shape index (κ3) is 4.12. The van der Waals surface area contributed by atoms with Gasteiger partial charge in [0.15, 0.2) is 17.3 Å². The topological polar surface area (TPSA) is 83.4 Å². The zero-order valence-corrected chi connectivity index (χ0v) is 21.6. The van der Waals surface area contributed by atoms with Gasteiger partial charge in [-0.1, -0.05) is 76.2 Å². The lowest BCUT2D eigenvalue weighted by Crippen LogP contribution is -2.22. The molecular weight excluding hydrogens is 450 g/mol. The maximum Gasteiger partial charge on any atom is 0.330 e. The van der Waals surface area contributed by atoms with Crippen LogP contribution in [-0.2, 0) is 20.6 Å². The fourth-order valence-corrected chi connectivity index (χ4v) is 4.62. The molecule has 0 aliphatic carbocycles. The third-order valence-electron chi connectivity index (χ3n) is 6.57. The lowest BCUT2D eigenvalue weighted by atomic mass is 9.97. The van der Waals surface area contributed by atoms with E-state index in [0.717, 1.165) is 22.5 Å². The van der Waals surface area contributed by atoms with Gasteiger partial charge in [0.2, 0.25) is 0 Å². The molecule has 0 amide bonds. The van der Waals surface area contributed by atoms with Gasteiger partial charge in [-0.2, -0.15) is 5.10 Å². The Labute approximate surface area is 210 Å². The van der Waals surface area contributed by atoms with Crippen molar-refractivity contribution in [1.29, 1.82) is 0 Å². The Morgan fingerprint density at radius 3 is 2.25 bits per heavy atom. The summed E-state index contributed by atoms with van der Waals surface area (Å²) in [4.78, 5) is 27.3. The molecule has 3 aromatic heterocycles. The average Bonchev–Trinajstić information content (AvgIpc) is 3.37. The molecule has 0 N–H and O–H groups in total. The van der Waals surface area contributed by atoms with Crippen molar-refractivity contribution < 1.29 is 0 Å². The minimum Gasteiger partial charge on any atom is -0.292 e. The van der Waals surface area contributed by atoms with Gasteiger partial charge in [0, 0.05) is 31.1 Å². The lowest BCUT2D eigenvalue weighted by Gasteiger charge is -2.11. The van der Waals surface area contributed by atoms with Gasteiger partial charge < -0.3 is 0 Å². The van der Waals surface area contributed by atoms with E-state index < -0.39 is 0 Å². The lowest BCUT2D eigenvalue weighted by molar-refractivity contribution is 0.655. The van der Waals surface area contributed by atoms with E-state index in [2.05, 4.69) is 48.8 Å². The van der Waals surface area contributed by atoms with E-state index in [-0.39, 0.29) is 5.69 Å². The molecule has 184 valence electrons. The van der Waals surface area contributed by atoms with Crippen LogP contribution in [0.25, 0.3) is 33.9 Å². The zero-order valence-electron chi connectivity index (χ0n) is 21.6. The van der Waals surface area contributed by atoms with Crippen LogP contribution in [0.1, 0.15) is 56.5 Å². The van der Waals surface area contributed by atoms with Crippen molar-refractivity contribution in [2.24, 2.45) is 14.1 Å². The molecule has 5 rings (SSSR count). The predicted octanol–water partition coefficient (Wildman–Crippen LogP) is 4.89. The zero-order chi connectivity index (χ0) is 25.6. The number of fused-ring (bicyclic) bond motifs is 1. The molecule has 0 aliphatic rings. The van der Waals surface area contributed by atoms with Gasteiger partial charge in [0.1, 0.15) is 11.3 Å². The maximum atomic E-state index is 13.1. The fraction of sp³-hybridized carbons (Fsp3) is 0.321. The van der Waals surface area contributed by atoms with Gasteiger partial charge in [-0.15, -0.1) is 0 Å². The summed E-state index contributed by atoms with van der Waals surface area (Å²) < 4.78 is 5.15. The van der Waals surface area contributed by atoms with Gasteiger partial charge in [0.05, 0.1) is 12.7 Å². The summed E-state index contributed by atoms with van der Waals surface area (Å²) in [6, 6.07) is 16.2. The molecule has 0 spiro atoms. The van der Waals surface area contributed by atoms with Crippen molar-refractivity contribution in [2.45, 2.75) is 46.1 Å². The van der Waals surface area contributed by atoms with Gasteiger partial charge >= 0.3 is 5.69 Å².